The number of thioether (sulfide) groups is 1. The first-order valence-corrected chi connectivity index (χ1v) is 7.41. The van der Waals surface area contributed by atoms with E-state index in [2.05, 4.69) is 23.4 Å². The molecular formula is C13H20N2O2S. The quantitative estimate of drug-likeness (QED) is 0.853. The highest BCUT2D eigenvalue weighted by Gasteiger charge is 2.31. The average molecular weight is 268 g/mol. The Morgan fingerprint density at radius 3 is 2.78 bits per heavy atom. The highest BCUT2D eigenvalue weighted by molar-refractivity contribution is 7.99. The molecule has 18 heavy (non-hydrogen) atoms. The molecule has 0 aliphatic heterocycles. The second kappa shape index (κ2) is 5.34. The third-order valence-electron chi connectivity index (χ3n) is 3.70. The molecule has 0 bridgehead atoms. The Labute approximate surface area is 112 Å². The Morgan fingerprint density at radius 1 is 1.50 bits per heavy atom. The van der Waals surface area contributed by atoms with Crippen molar-refractivity contribution in [1.82, 2.24) is 9.55 Å². The van der Waals surface area contributed by atoms with Gasteiger partial charge in [-0.3, -0.25) is 4.79 Å². The van der Waals surface area contributed by atoms with E-state index in [1.807, 2.05) is 6.20 Å². The van der Waals surface area contributed by atoms with Crippen molar-refractivity contribution in [2.75, 3.05) is 5.75 Å². The Kier molecular flexibility index (Phi) is 4.00. The molecule has 0 saturated heterocycles. The number of carboxylic acids is 1. The van der Waals surface area contributed by atoms with Crippen molar-refractivity contribution in [2.45, 2.75) is 56.6 Å². The zero-order valence-electron chi connectivity index (χ0n) is 11.0. The van der Waals surface area contributed by atoms with E-state index in [-0.39, 0.29) is 11.3 Å². The van der Waals surface area contributed by atoms with Crippen molar-refractivity contribution in [3.05, 3.63) is 11.9 Å². The lowest BCUT2D eigenvalue weighted by atomic mass is 9.83. The van der Waals surface area contributed by atoms with Crippen molar-refractivity contribution >= 4 is 17.7 Å². The molecule has 4 nitrogen and oxygen atoms in total. The SMILES string of the molecule is Cc1cnc(SCC(=O)O)n1C1(C)CCCCC1. The van der Waals surface area contributed by atoms with E-state index in [0.29, 0.717) is 0 Å². The fraction of sp³-hybridized carbons (Fsp3) is 0.692. The summed E-state index contributed by atoms with van der Waals surface area (Å²) < 4.78 is 2.25. The largest absolute Gasteiger partial charge is 0.481 e. The van der Waals surface area contributed by atoms with Gasteiger partial charge in [-0.1, -0.05) is 31.0 Å². The number of carbonyl (C=O) groups is 1. The van der Waals surface area contributed by atoms with Crippen LogP contribution in [0.15, 0.2) is 11.4 Å². The Balaban J connectivity index is 2.25. The van der Waals surface area contributed by atoms with Crippen LogP contribution in [-0.4, -0.2) is 26.4 Å². The van der Waals surface area contributed by atoms with Crippen LogP contribution in [-0.2, 0) is 10.3 Å². The molecule has 1 aromatic rings. The van der Waals surface area contributed by atoms with Crippen LogP contribution in [0.3, 0.4) is 0 Å². The smallest absolute Gasteiger partial charge is 0.313 e. The van der Waals surface area contributed by atoms with Gasteiger partial charge in [0.2, 0.25) is 0 Å². The molecule has 0 unspecified atom stereocenters. The highest BCUT2D eigenvalue weighted by Crippen LogP contribution is 2.38. The van der Waals surface area contributed by atoms with Crippen LogP contribution in [0.25, 0.3) is 0 Å². The molecule has 1 aliphatic carbocycles. The fourth-order valence-electron chi connectivity index (χ4n) is 2.84. The van der Waals surface area contributed by atoms with E-state index >= 15 is 0 Å². The van der Waals surface area contributed by atoms with Crippen molar-refractivity contribution < 1.29 is 9.90 Å². The van der Waals surface area contributed by atoms with Gasteiger partial charge >= 0.3 is 5.97 Å². The summed E-state index contributed by atoms with van der Waals surface area (Å²) in [7, 11) is 0. The minimum atomic E-state index is -0.791. The molecule has 1 fully saturated rings. The molecular weight excluding hydrogens is 248 g/mol. The first-order chi connectivity index (χ1) is 8.53. The second-order valence-electron chi connectivity index (χ2n) is 5.26. The summed E-state index contributed by atoms with van der Waals surface area (Å²) in [5, 5.41) is 9.64. The van der Waals surface area contributed by atoms with Crippen LogP contribution in [0.1, 0.15) is 44.7 Å². The molecule has 0 amide bonds. The summed E-state index contributed by atoms with van der Waals surface area (Å²) in [6, 6.07) is 0. The first kappa shape index (κ1) is 13.5. The lowest BCUT2D eigenvalue weighted by Crippen LogP contribution is -2.33. The highest BCUT2D eigenvalue weighted by atomic mass is 32.2. The van der Waals surface area contributed by atoms with Crippen LogP contribution in [0.5, 0.6) is 0 Å². The maximum atomic E-state index is 10.7. The van der Waals surface area contributed by atoms with E-state index < -0.39 is 5.97 Å². The zero-order valence-corrected chi connectivity index (χ0v) is 11.8. The van der Waals surface area contributed by atoms with Crippen LogP contribution >= 0.6 is 11.8 Å². The van der Waals surface area contributed by atoms with E-state index in [1.165, 1.54) is 31.0 Å². The van der Waals surface area contributed by atoms with Crippen molar-refractivity contribution in [3.63, 3.8) is 0 Å². The molecule has 1 aromatic heterocycles. The van der Waals surface area contributed by atoms with Gasteiger partial charge in [0.1, 0.15) is 0 Å². The molecule has 0 spiro atoms. The Hall–Kier alpha value is -0.970. The summed E-state index contributed by atoms with van der Waals surface area (Å²) in [5.74, 6) is -0.715. The summed E-state index contributed by atoms with van der Waals surface area (Å²) in [5.41, 5.74) is 1.24. The topological polar surface area (TPSA) is 55.1 Å². The van der Waals surface area contributed by atoms with Gasteiger partial charge in [-0.15, -0.1) is 0 Å². The van der Waals surface area contributed by atoms with Crippen LogP contribution in [0, 0.1) is 6.92 Å². The fourth-order valence-corrected chi connectivity index (χ4v) is 3.71. The van der Waals surface area contributed by atoms with Crippen LogP contribution in [0.2, 0.25) is 0 Å². The first-order valence-electron chi connectivity index (χ1n) is 6.42. The normalized spacial score (nSPS) is 18.8. The standard InChI is InChI=1S/C13H20N2O2S/c1-10-8-14-12(18-9-11(16)17)15(10)13(2)6-4-3-5-7-13/h8H,3-7,9H2,1-2H3,(H,16,17). The molecule has 1 aliphatic rings. The number of aliphatic carboxylic acids is 1. The van der Waals surface area contributed by atoms with Gasteiger partial charge < -0.3 is 9.67 Å². The summed E-state index contributed by atoms with van der Waals surface area (Å²) in [6.07, 6.45) is 7.97. The number of hydrogen-bond acceptors (Lipinski definition) is 3. The number of aryl methyl sites for hydroxylation is 1. The maximum absolute atomic E-state index is 10.7. The van der Waals surface area contributed by atoms with E-state index in [9.17, 15) is 4.79 Å². The predicted molar refractivity (Wildman–Crippen MR) is 72.1 cm³/mol. The molecule has 1 heterocycles. The van der Waals surface area contributed by atoms with Gasteiger partial charge in [0, 0.05) is 17.4 Å². The number of imidazole rings is 1. The number of hydrogen-bond donors (Lipinski definition) is 1. The molecule has 0 aromatic carbocycles. The van der Waals surface area contributed by atoms with Gasteiger partial charge in [0.05, 0.1) is 5.75 Å². The zero-order chi connectivity index (χ0) is 13.2. The van der Waals surface area contributed by atoms with Crippen molar-refractivity contribution in [3.8, 4) is 0 Å². The molecule has 100 valence electrons. The summed E-state index contributed by atoms with van der Waals surface area (Å²) in [4.78, 5) is 15.1. The van der Waals surface area contributed by atoms with E-state index in [0.717, 1.165) is 23.7 Å². The average Bonchev–Trinajstić information content (AvgIpc) is 2.69. The molecule has 0 atom stereocenters. The predicted octanol–water partition coefficient (Wildman–Crippen LogP) is 3.05. The lowest BCUT2D eigenvalue weighted by molar-refractivity contribution is -0.133. The third-order valence-corrected chi connectivity index (χ3v) is 4.64. The molecule has 1 N–H and O–H groups in total. The monoisotopic (exact) mass is 268 g/mol. The number of nitrogens with zero attached hydrogens (tertiary/aromatic N) is 2. The van der Waals surface area contributed by atoms with Gasteiger partial charge in [0.15, 0.2) is 5.16 Å². The van der Waals surface area contributed by atoms with Gasteiger partial charge in [0.25, 0.3) is 0 Å². The van der Waals surface area contributed by atoms with E-state index in [1.54, 1.807) is 0 Å². The number of carboxylic acid groups (broad SMARTS) is 1. The molecule has 2 rings (SSSR count). The van der Waals surface area contributed by atoms with Crippen LogP contribution < -0.4 is 0 Å². The Bertz CT molecular complexity index is 436. The number of rotatable bonds is 4. The molecule has 0 radical (unpaired) electrons. The molecule has 1 saturated carbocycles. The van der Waals surface area contributed by atoms with Gasteiger partial charge in [-0.05, 0) is 26.7 Å². The summed E-state index contributed by atoms with van der Waals surface area (Å²) >= 11 is 1.32. The van der Waals surface area contributed by atoms with Gasteiger partial charge in [-0.25, -0.2) is 4.98 Å². The second-order valence-corrected chi connectivity index (χ2v) is 6.20. The van der Waals surface area contributed by atoms with Gasteiger partial charge in [-0.2, -0.15) is 0 Å². The number of aromatic nitrogens is 2. The Morgan fingerprint density at radius 2 is 2.17 bits per heavy atom. The van der Waals surface area contributed by atoms with Crippen LogP contribution in [0.4, 0.5) is 0 Å². The minimum absolute atomic E-state index is 0.0759. The summed E-state index contributed by atoms with van der Waals surface area (Å²) in [6.45, 7) is 4.32. The van der Waals surface area contributed by atoms with Crippen molar-refractivity contribution in [2.24, 2.45) is 0 Å². The van der Waals surface area contributed by atoms with Crippen molar-refractivity contribution in [1.29, 1.82) is 0 Å². The molecule has 5 heteroatoms. The maximum Gasteiger partial charge on any atom is 0.313 e. The minimum Gasteiger partial charge on any atom is -0.481 e. The lowest BCUT2D eigenvalue weighted by Gasteiger charge is -2.37. The van der Waals surface area contributed by atoms with E-state index in [4.69, 9.17) is 5.11 Å². The third kappa shape index (κ3) is 2.71.